The Kier molecular flexibility index (Phi) is 8.03. The minimum atomic E-state index is -0.937. The number of likely N-dealkylation sites (tertiary alicyclic amines) is 1. The summed E-state index contributed by atoms with van der Waals surface area (Å²) < 4.78 is 0. The van der Waals surface area contributed by atoms with E-state index in [0.717, 1.165) is 42.5 Å². The molecule has 0 aromatic heterocycles. The molecule has 4 nitrogen and oxygen atoms in total. The molecular formula is C24H27ClNNaO3. The van der Waals surface area contributed by atoms with Crippen LogP contribution in [0, 0.1) is 5.92 Å². The van der Waals surface area contributed by atoms with E-state index in [9.17, 15) is 9.59 Å². The molecule has 30 heavy (non-hydrogen) atoms. The van der Waals surface area contributed by atoms with E-state index in [1.165, 1.54) is 19.3 Å². The summed E-state index contributed by atoms with van der Waals surface area (Å²) in [6.07, 6.45) is 7.65. The van der Waals surface area contributed by atoms with Gasteiger partial charge in [-0.1, -0.05) is 55.1 Å². The van der Waals surface area contributed by atoms with Crippen LogP contribution in [0.5, 0.6) is 0 Å². The number of benzene rings is 2. The summed E-state index contributed by atoms with van der Waals surface area (Å²) in [4.78, 5) is 26.1. The number of hydrogen-bond donors (Lipinski definition) is 1. The van der Waals surface area contributed by atoms with Gasteiger partial charge >= 0.3 is 35.5 Å². The minimum absolute atomic E-state index is 0. The maximum absolute atomic E-state index is 12.9. The molecular weight excluding hydrogens is 409 g/mol. The number of rotatable bonds is 5. The van der Waals surface area contributed by atoms with Gasteiger partial charge < -0.3 is 10.0 Å². The molecule has 1 amide bonds. The second kappa shape index (κ2) is 10.3. The van der Waals surface area contributed by atoms with E-state index >= 15 is 0 Å². The molecule has 154 valence electrons. The van der Waals surface area contributed by atoms with E-state index < -0.39 is 5.97 Å². The Bertz CT molecular complexity index is 909. The van der Waals surface area contributed by atoms with E-state index in [0.29, 0.717) is 23.4 Å². The second-order valence-corrected chi connectivity index (χ2v) is 8.61. The summed E-state index contributed by atoms with van der Waals surface area (Å²) in [7, 11) is 0. The topological polar surface area (TPSA) is 57.6 Å². The predicted molar refractivity (Wildman–Crippen MR) is 121 cm³/mol. The van der Waals surface area contributed by atoms with Crippen LogP contribution in [0.3, 0.4) is 0 Å². The summed E-state index contributed by atoms with van der Waals surface area (Å²) in [6, 6.07) is 13.1. The molecule has 2 aromatic rings. The van der Waals surface area contributed by atoms with Crippen LogP contribution in [0.2, 0.25) is 5.02 Å². The zero-order valence-corrected chi connectivity index (χ0v) is 17.2. The molecule has 1 saturated heterocycles. The number of halogens is 1. The van der Waals surface area contributed by atoms with Crippen molar-refractivity contribution < 1.29 is 14.7 Å². The summed E-state index contributed by atoms with van der Waals surface area (Å²) in [5, 5.41) is 9.69. The normalized spacial score (nSPS) is 19.6. The first kappa shape index (κ1) is 23.3. The molecule has 6 heteroatoms. The predicted octanol–water partition coefficient (Wildman–Crippen LogP) is 4.78. The number of carbonyl (C=O) groups excluding carboxylic acids is 1. The molecule has 1 atom stereocenters. The molecule has 2 fully saturated rings. The van der Waals surface area contributed by atoms with Crippen LogP contribution >= 0.6 is 11.6 Å². The van der Waals surface area contributed by atoms with Crippen molar-refractivity contribution in [2.45, 2.75) is 51.0 Å². The van der Waals surface area contributed by atoms with Crippen LogP contribution in [0.4, 0.5) is 0 Å². The SMILES string of the molecule is O=C(O)c1ccc(-c2ccc(CC3CCN(C4CCCCC4)C3=O)c(Cl)c2)cc1.[NaH]. The van der Waals surface area contributed by atoms with Crippen molar-refractivity contribution in [1.82, 2.24) is 4.90 Å². The maximum atomic E-state index is 12.9. The zero-order chi connectivity index (χ0) is 20.4. The van der Waals surface area contributed by atoms with Crippen molar-refractivity contribution in [3.63, 3.8) is 0 Å². The first-order valence-corrected chi connectivity index (χ1v) is 10.8. The Morgan fingerprint density at radius 3 is 2.30 bits per heavy atom. The van der Waals surface area contributed by atoms with Gasteiger partial charge in [0.25, 0.3) is 0 Å². The van der Waals surface area contributed by atoms with Crippen molar-refractivity contribution in [2.75, 3.05) is 6.54 Å². The molecule has 0 spiro atoms. The Hall–Kier alpha value is -1.33. The fraction of sp³-hybridized carbons (Fsp3) is 0.417. The van der Waals surface area contributed by atoms with E-state index in [1.807, 2.05) is 18.2 Å². The van der Waals surface area contributed by atoms with Gasteiger partial charge in [-0.05, 0) is 60.6 Å². The number of amides is 1. The van der Waals surface area contributed by atoms with Gasteiger partial charge in [0.05, 0.1) is 5.56 Å². The third-order valence-electron chi connectivity index (χ3n) is 6.35. The van der Waals surface area contributed by atoms with Gasteiger partial charge in [0, 0.05) is 23.5 Å². The quantitative estimate of drug-likeness (QED) is 0.687. The molecule has 1 heterocycles. The van der Waals surface area contributed by atoms with E-state index in [-0.39, 0.29) is 41.0 Å². The third-order valence-corrected chi connectivity index (χ3v) is 6.70. The van der Waals surface area contributed by atoms with Gasteiger partial charge in [-0.15, -0.1) is 0 Å². The number of aromatic carboxylic acids is 1. The monoisotopic (exact) mass is 435 g/mol. The van der Waals surface area contributed by atoms with Gasteiger partial charge in [-0.2, -0.15) is 0 Å². The van der Waals surface area contributed by atoms with Crippen LogP contribution < -0.4 is 0 Å². The number of hydrogen-bond acceptors (Lipinski definition) is 2. The van der Waals surface area contributed by atoms with Crippen molar-refractivity contribution in [2.24, 2.45) is 5.92 Å². The molecule has 4 rings (SSSR count). The summed E-state index contributed by atoms with van der Waals surface area (Å²) in [5.74, 6) is -0.620. The van der Waals surface area contributed by atoms with Crippen LogP contribution in [0.15, 0.2) is 42.5 Å². The zero-order valence-electron chi connectivity index (χ0n) is 16.4. The fourth-order valence-electron chi connectivity index (χ4n) is 4.67. The molecule has 1 aliphatic carbocycles. The van der Waals surface area contributed by atoms with Gasteiger partial charge in [0.15, 0.2) is 0 Å². The number of carboxylic acid groups (broad SMARTS) is 1. The molecule has 1 unspecified atom stereocenters. The van der Waals surface area contributed by atoms with Gasteiger partial charge in [0.2, 0.25) is 5.91 Å². The number of carboxylic acids is 1. The van der Waals surface area contributed by atoms with Crippen molar-refractivity contribution in [3.05, 3.63) is 58.6 Å². The van der Waals surface area contributed by atoms with Crippen LogP contribution in [-0.2, 0) is 11.2 Å². The Morgan fingerprint density at radius 1 is 1.00 bits per heavy atom. The average molecular weight is 436 g/mol. The Balaban J connectivity index is 0.00000256. The van der Waals surface area contributed by atoms with Crippen LogP contribution in [0.25, 0.3) is 11.1 Å². The average Bonchev–Trinajstić information content (AvgIpc) is 3.10. The van der Waals surface area contributed by atoms with E-state index in [1.54, 1.807) is 24.3 Å². The Morgan fingerprint density at radius 2 is 1.67 bits per heavy atom. The molecule has 2 aromatic carbocycles. The summed E-state index contributed by atoms with van der Waals surface area (Å²) >= 11 is 6.55. The molecule has 0 bridgehead atoms. The molecule has 1 saturated carbocycles. The number of carbonyl (C=O) groups is 2. The van der Waals surface area contributed by atoms with Crippen molar-refractivity contribution in [1.29, 1.82) is 0 Å². The van der Waals surface area contributed by atoms with Gasteiger partial charge in [0.1, 0.15) is 0 Å². The van der Waals surface area contributed by atoms with Crippen molar-refractivity contribution >= 4 is 53.0 Å². The summed E-state index contributed by atoms with van der Waals surface area (Å²) in [5.41, 5.74) is 3.13. The summed E-state index contributed by atoms with van der Waals surface area (Å²) in [6.45, 7) is 0.875. The molecule has 1 aliphatic heterocycles. The molecule has 1 N–H and O–H groups in total. The second-order valence-electron chi connectivity index (χ2n) is 8.20. The molecule has 0 radical (unpaired) electrons. The first-order valence-electron chi connectivity index (χ1n) is 10.5. The van der Waals surface area contributed by atoms with Gasteiger partial charge in [-0.25, -0.2) is 4.79 Å². The van der Waals surface area contributed by atoms with Crippen LogP contribution in [-0.4, -0.2) is 64.0 Å². The Labute approximate surface area is 204 Å². The fourth-order valence-corrected chi connectivity index (χ4v) is 4.93. The van der Waals surface area contributed by atoms with E-state index in [4.69, 9.17) is 16.7 Å². The number of nitrogens with zero attached hydrogens (tertiary/aromatic N) is 1. The first-order chi connectivity index (χ1) is 14.0. The van der Waals surface area contributed by atoms with Gasteiger partial charge in [-0.3, -0.25) is 4.79 Å². The van der Waals surface area contributed by atoms with Crippen molar-refractivity contribution in [3.8, 4) is 11.1 Å². The third kappa shape index (κ3) is 5.11. The standard InChI is InChI=1S/C24H26ClNO3.Na.H/c25-22-15-18(16-6-8-17(9-7-16)24(28)29)10-11-19(22)14-20-12-13-26(23(20)27)21-4-2-1-3-5-21;;/h6-11,15,20-21H,1-5,12-14H2,(H,28,29);;. The van der Waals surface area contributed by atoms with Crippen LogP contribution in [0.1, 0.15) is 54.4 Å². The molecule has 2 aliphatic rings. The van der Waals surface area contributed by atoms with E-state index in [2.05, 4.69) is 4.90 Å².